The van der Waals surface area contributed by atoms with E-state index in [0.29, 0.717) is 10.1 Å². The summed E-state index contributed by atoms with van der Waals surface area (Å²) in [5.74, 6) is 0.512. The molecular weight excluding hydrogens is 408 g/mol. The number of thioether (sulfide) groups is 1. The minimum absolute atomic E-state index is 0.0762. The number of carbonyl (C=O) groups is 1. The Morgan fingerprint density at radius 1 is 1.41 bits per heavy atom. The molecule has 0 aliphatic rings. The summed E-state index contributed by atoms with van der Waals surface area (Å²) in [4.78, 5) is 12.3. The Labute approximate surface area is 166 Å². The van der Waals surface area contributed by atoms with E-state index in [1.54, 1.807) is 6.08 Å². The van der Waals surface area contributed by atoms with Crippen molar-refractivity contribution >= 4 is 44.2 Å². The van der Waals surface area contributed by atoms with Gasteiger partial charge in [0.1, 0.15) is 5.75 Å². The fraction of sp³-hybridized carbons (Fsp3) is 0.312. The highest BCUT2D eigenvalue weighted by atomic mass is 32.2. The van der Waals surface area contributed by atoms with Crippen molar-refractivity contribution in [3.63, 3.8) is 0 Å². The molecule has 27 heavy (non-hydrogen) atoms. The number of rotatable bonds is 9. The highest BCUT2D eigenvalue weighted by Gasteiger charge is 2.21. The first kappa shape index (κ1) is 21.2. The molecule has 1 amide bonds. The molecule has 0 aliphatic carbocycles. The number of amides is 1. The van der Waals surface area contributed by atoms with E-state index in [2.05, 4.69) is 26.8 Å². The molecule has 1 heterocycles. The molecule has 8 nitrogen and oxygen atoms in total. The lowest BCUT2D eigenvalue weighted by molar-refractivity contribution is 0.0940. The largest absolute Gasteiger partial charge is 0.496 e. The maximum Gasteiger partial charge on any atom is 0.263 e. The van der Waals surface area contributed by atoms with E-state index < -0.39 is 15.9 Å². The SMILES string of the molecule is C=CCSc1nnc(NS(=O)(=O)c2ccc(OC)c(C(=O)NC(C)C)c2)s1. The number of nitrogens with zero attached hydrogens (tertiary/aromatic N) is 2. The number of benzene rings is 1. The predicted octanol–water partition coefficient (Wildman–Crippen LogP) is 2.76. The fourth-order valence-electron chi connectivity index (χ4n) is 1.99. The summed E-state index contributed by atoms with van der Waals surface area (Å²) in [5.41, 5.74) is 0.133. The molecule has 2 N–H and O–H groups in total. The van der Waals surface area contributed by atoms with Gasteiger partial charge in [-0.15, -0.1) is 16.8 Å². The summed E-state index contributed by atoms with van der Waals surface area (Å²) in [6.45, 7) is 7.24. The lowest BCUT2D eigenvalue weighted by Gasteiger charge is -2.13. The molecule has 0 atom stereocenters. The van der Waals surface area contributed by atoms with Crippen molar-refractivity contribution in [1.29, 1.82) is 0 Å². The van der Waals surface area contributed by atoms with Gasteiger partial charge in [-0.3, -0.25) is 9.52 Å². The lowest BCUT2D eigenvalue weighted by atomic mass is 10.2. The van der Waals surface area contributed by atoms with Gasteiger partial charge in [-0.1, -0.05) is 29.2 Å². The van der Waals surface area contributed by atoms with Crippen LogP contribution in [0.25, 0.3) is 0 Å². The average Bonchev–Trinajstić information content (AvgIpc) is 3.05. The van der Waals surface area contributed by atoms with Gasteiger partial charge in [0.2, 0.25) is 5.13 Å². The van der Waals surface area contributed by atoms with Crippen LogP contribution in [-0.4, -0.2) is 43.4 Å². The minimum atomic E-state index is -3.94. The van der Waals surface area contributed by atoms with E-state index >= 15 is 0 Å². The number of ether oxygens (including phenoxy) is 1. The van der Waals surface area contributed by atoms with E-state index in [-0.39, 0.29) is 27.4 Å². The van der Waals surface area contributed by atoms with Crippen LogP contribution in [0.1, 0.15) is 24.2 Å². The molecule has 1 aromatic heterocycles. The Kier molecular flexibility index (Phi) is 7.22. The molecule has 2 aromatic rings. The van der Waals surface area contributed by atoms with E-state index in [1.807, 2.05) is 13.8 Å². The van der Waals surface area contributed by atoms with Crippen LogP contribution in [-0.2, 0) is 10.0 Å². The van der Waals surface area contributed by atoms with Crippen molar-refractivity contribution in [1.82, 2.24) is 15.5 Å². The zero-order valence-corrected chi connectivity index (χ0v) is 17.5. The van der Waals surface area contributed by atoms with Crippen molar-refractivity contribution in [2.45, 2.75) is 29.1 Å². The van der Waals surface area contributed by atoms with Crippen molar-refractivity contribution < 1.29 is 17.9 Å². The molecule has 0 radical (unpaired) electrons. The summed E-state index contributed by atoms with van der Waals surface area (Å²) in [5, 5.41) is 10.6. The number of aromatic nitrogens is 2. The van der Waals surface area contributed by atoms with Gasteiger partial charge < -0.3 is 10.1 Å². The first-order valence-corrected chi connectivity index (χ1v) is 11.1. The number of nitrogens with one attached hydrogen (secondary N) is 2. The van der Waals surface area contributed by atoms with Gasteiger partial charge in [0.15, 0.2) is 4.34 Å². The van der Waals surface area contributed by atoms with Gasteiger partial charge in [-0.05, 0) is 32.0 Å². The van der Waals surface area contributed by atoms with Gasteiger partial charge in [0, 0.05) is 11.8 Å². The molecule has 146 valence electrons. The molecule has 0 unspecified atom stereocenters. The predicted molar refractivity (Wildman–Crippen MR) is 107 cm³/mol. The summed E-state index contributed by atoms with van der Waals surface area (Å²) in [6, 6.07) is 3.97. The summed E-state index contributed by atoms with van der Waals surface area (Å²) < 4.78 is 33.5. The number of methoxy groups -OCH3 is 1. The molecular formula is C16H20N4O4S3. The first-order valence-electron chi connectivity index (χ1n) is 7.85. The second-order valence-corrected chi connectivity index (χ2v) is 9.50. The van der Waals surface area contributed by atoms with E-state index in [1.165, 1.54) is 37.1 Å². The summed E-state index contributed by atoms with van der Waals surface area (Å²) in [7, 11) is -2.52. The summed E-state index contributed by atoms with van der Waals surface area (Å²) in [6.07, 6.45) is 1.72. The van der Waals surface area contributed by atoms with Gasteiger partial charge >= 0.3 is 0 Å². The number of hydrogen-bond donors (Lipinski definition) is 2. The topological polar surface area (TPSA) is 110 Å². The maximum atomic E-state index is 12.7. The van der Waals surface area contributed by atoms with Crippen LogP contribution in [0.4, 0.5) is 5.13 Å². The molecule has 0 saturated carbocycles. The zero-order valence-electron chi connectivity index (χ0n) is 15.1. The third kappa shape index (κ3) is 5.68. The van der Waals surface area contributed by atoms with Crippen molar-refractivity contribution in [3.8, 4) is 5.75 Å². The van der Waals surface area contributed by atoms with Crippen LogP contribution in [0.5, 0.6) is 5.75 Å². The van der Waals surface area contributed by atoms with Gasteiger partial charge in [0.25, 0.3) is 15.9 Å². The van der Waals surface area contributed by atoms with E-state index in [9.17, 15) is 13.2 Å². The van der Waals surface area contributed by atoms with Gasteiger partial charge in [-0.25, -0.2) is 8.42 Å². The van der Waals surface area contributed by atoms with Crippen molar-refractivity contribution in [2.75, 3.05) is 17.6 Å². The molecule has 11 heteroatoms. The van der Waals surface area contributed by atoms with Gasteiger partial charge in [-0.2, -0.15) is 0 Å². The highest BCUT2D eigenvalue weighted by Crippen LogP contribution is 2.28. The third-order valence-corrected chi connectivity index (χ3v) is 6.53. The van der Waals surface area contributed by atoms with Crippen LogP contribution in [0.3, 0.4) is 0 Å². The third-order valence-electron chi connectivity index (χ3n) is 3.10. The average molecular weight is 429 g/mol. The Morgan fingerprint density at radius 2 is 2.15 bits per heavy atom. The molecule has 0 saturated heterocycles. The van der Waals surface area contributed by atoms with Crippen LogP contribution in [0.15, 0.2) is 40.1 Å². The van der Waals surface area contributed by atoms with E-state index in [4.69, 9.17) is 4.74 Å². The van der Waals surface area contributed by atoms with Crippen molar-refractivity contribution in [2.24, 2.45) is 0 Å². The number of sulfonamides is 1. The van der Waals surface area contributed by atoms with Crippen LogP contribution >= 0.6 is 23.1 Å². The summed E-state index contributed by atoms with van der Waals surface area (Å²) >= 11 is 2.52. The molecule has 1 aromatic carbocycles. The van der Waals surface area contributed by atoms with Crippen LogP contribution in [0, 0.1) is 0 Å². The quantitative estimate of drug-likeness (QED) is 0.467. The second kappa shape index (κ2) is 9.20. The molecule has 0 spiro atoms. The standard InChI is InChI=1S/C16H20N4O4S3/c1-5-8-25-16-19-18-15(26-16)20-27(22,23)11-6-7-13(24-4)12(9-11)14(21)17-10(2)3/h5-7,9-10H,1,8H2,2-4H3,(H,17,21)(H,18,20). The smallest absolute Gasteiger partial charge is 0.263 e. The Morgan fingerprint density at radius 3 is 2.78 bits per heavy atom. The normalized spacial score (nSPS) is 11.3. The van der Waals surface area contributed by atoms with Gasteiger partial charge in [0.05, 0.1) is 17.6 Å². The minimum Gasteiger partial charge on any atom is -0.496 e. The Balaban J connectivity index is 2.28. The zero-order chi connectivity index (χ0) is 20.0. The van der Waals surface area contributed by atoms with E-state index in [0.717, 1.165) is 11.3 Å². The molecule has 2 rings (SSSR count). The number of anilines is 1. The van der Waals surface area contributed by atoms with Crippen molar-refractivity contribution in [3.05, 3.63) is 36.4 Å². The maximum absolute atomic E-state index is 12.7. The Hall–Kier alpha value is -2.11. The Bertz CT molecular complexity index is 925. The number of hydrogen-bond acceptors (Lipinski definition) is 8. The molecule has 0 fully saturated rings. The van der Waals surface area contributed by atoms with Crippen LogP contribution in [0.2, 0.25) is 0 Å². The number of carbonyl (C=O) groups excluding carboxylic acids is 1. The molecule has 0 aliphatic heterocycles. The second-order valence-electron chi connectivity index (χ2n) is 5.57. The molecule has 0 bridgehead atoms. The monoisotopic (exact) mass is 428 g/mol. The highest BCUT2D eigenvalue weighted by molar-refractivity contribution is 8.01. The fourth-order valence-corrected chi connectivity index (χ4v) is 4.75. The van der Waals surface area contributed by atoms with Crippen LogP contribution < -0.4 is 14.8 Å². The first-order chi connectivity index (χ1) is 12.8. The lowest BCUT2D eigenvalue weighted by Crippen LogP contribution is -2.30.